The monoisotopic (exact) mass is 240 g/mol. The normalized spacial score (nSPS) is 24.2. The van der Waals surface area contributed by atoms with Gasteiger partial charge < -0.3 is 10.4 Å². The lowest BCUT2D eigenvalue weighted by Crippen LogP contribution is -2.33. The molecule has 16 heavy (non-hydrogen) atoms. The number of hydrogen-bond acceptors (Lipinski definition) is 4. The average molecular weight is 240 g/mol. The van der Waals surface area contributed by atoms with Crippen molar-refractivity contribution in [3.8, 4) is 0 Å². The second kappa shape index (κ2) is 4.61. The van der Waals surface area contributed by atoms with E-state index in [1.165, 1.54) is 11.3 Å². The maximum Gasteiger partial charge on any atom is 0.306 e. The lowest BCUT2D eigenvalue weighted by molar-refractivity contribution is -0.141. The molecule has 0 spiro atoms. The van der Waals surface area contributed by atoms with Gasteiger partial charge in [-0.2, -0.15) is 0 Å². The van der Waals surface area contributed by atoms with E-state index in [0.717, 1.165) is 6.42 Å². The maximum atomic E-state index is 11.6. The standard InChI is InChI=1S/C10H12N2O3S/c13-9(8-4-16-5-11-8)12-7-2-1-6(3-7)10(14)15/h4-7H,1-3H2,(H,12,13)(H,14,15). The minimum Gasteiger partial charge on any atom is -0.481 e. The largest absolute Gasteiger partial charge is 0.481 e. The summed E-state index contributed by atoms with van der Waals surface area (Å²) in [4.78, 5) is 26.3. The minimum absolute atomic E-state index is 0.0321. The van der Waals surface area contributed by atoms with Crippen molar-refractivity contribution in [2.45, 2.75) is 25.3 Å². The molecule has 2 rings (SSSR count). The number of thiazole rings is 1. The lowest BCUT2D eigenvalue weighted by atomic mass is 10.1. The van der Waals surface area contributed by atoms with Gasteiger partial charge in [0.05, 0.1) is 11.4 Å². The van der Waals surface area contributed by atoms with Gasteiger partial charge >= 0.3 is 5.97 Å². The highest BCUT2D eigenvalue weighted by molar-refractivity contribution is 7.07. The van der Waals surface area contributed by atoms with Crippen molar-refractivity contribution in [3.63, 3.8) is 0 Å². The number of aliphatic carboxylic acids is 1. The van der Waals surface area contributed by atoms with Crippen LogP contribution in [0.5, 0.6) is 0 Å². The second-order valence-corrected chi connectivity index (χ2v) is 4.61. The molecule has 0 bridgehead atoms. The van der Waals surface area contributed by atoms with Crippen molar-refractivity contribution in [1.82, 2.24) is 10.3 Å². The third kappa shape index (κ3) is 2.38. The van der Waals surface area contributed by atoms with Crippen molar-refractivity contribution < 1.29 is 14.7 Å². The predicted octanol–water partition coefficient (Wildman–Crippen LogP) is 1.13. The van der Waals surface area contributed by atoms with E-state index in [1.807, 2.05) is 0 Å². The number of carboxylic acid groups (broad SMARTS) is 1. The summed E-state index contributed by atoms with van der Waals surface area (Å²) in [6.45, 7) is 0. The van der Waals surface area contributed by atoms with Crippen molar-refractivity contribution in [2.75, 3.05) is 0 Å². The van der Waals surface area contributed by atoms with Gasteiger partial charge in [0.25, 0.3) is 5.91 Å². The fourth-order valence-electron chi connectivity index (χ4n) is 1.92. The SMILES string of the molecule is O=C(NC1CCC(C(=O)O)C1)c1cscn1. The summed E-state index contributed by atoms with van der Waals surface area (Å²) >= 11 is 1.37. The molecule has 0 saturated heterocycles. The third-order valence-corrected chi connectivity index (χ3v) is 3.37. The molecule has 86 valence electrons. The van der Waals surface area contributed by atoms with Crippen LogP contribution in [-0.4, -0.2) is 28.0 Å². The third-order valence-electron chi connectivity index (χ3n) is 2.78. The maximum absolute atomic E-state index is 11.6. The molecule has 1 saturated carbocycles. The van der Waals surface area contributed by atoms with Crippen molar-refractivity contribution >= 4 is 23.2 Å². The molecule has 0 radical (unpaired) electrons. The fourth-order valence-corrected chi connectivity index (χ4v) is 2.45. The molecule has 0 aromatic carbocycles. The van der Waals surface area contributed by atoms with Crippen LogP contribution in [0.2, 0.25) is 0 Å². The molecule has 1 heterocycles. The zero-order valence-corrected chi connectivity index (χ0v) is 9.37. The molecule has 2 atom stereocenters. The fraction of sp³-hybridized carbons (Fsp3) is 0.500. The van der Waals surface area contributed by atoms with Crippen LogP contribution in [0.1, 0.15) is 29.8 Å². The predicted molar refractivity (Wildman–Crippen MR) is 58.3 cm³/mol. The first-order chi connectivity index (χ1) is 7.66. The number of hydrogen-bond donors (Lipinski definition) is 2. The van der Waals surface area contributed by atoms with Crippen LogP contribution in [0, 0.1) is 5.92 Å². The van der Waals surface area contributed by atoms with E-state index < -0.39 is 5.97 Å². The molecule has 1 aliphatic rings. The number of amides is 1. The van der Waals surface area contributed by atoms with Gasteiger partial charge in [0.1, 0.15) is 5.69 Å². The molecular weight excluding hydrogens is 228 g/mol. The Morgan fingerprint density at radius 1 is 1.50 bits per heavy atom. The summed E-state index contributed by atoms with van der Waals surface area (Å²) in [5.74, 6) is -1.30. The molecule has 5 nitrogen and oxygen atoms in total. The Labute approximate surface area is 96.5 Å². The molecule has 1 amide bonds. The van der Waals surface area contributed by atoms with Crippen LogP contribution in [0.3, 0.4) is 0 Å². The van der Waals surface area contributed by atoms with Crippen molar-refractivity contribution in [3.05, 3.63) is 16.6 Å². The van der Waals surface area contributed by atoms with Gasteiger partial charge in [0.15, 0.2) is 0 Å². The Kier molecular flexibility index (Phi) is 3.19. The molecule has 6 heteroatoms. The Balaban J connectivity index is 1.88. The van der Waals surface area contributed by atoms with Crippen molar-refractivity contribution in [1.29, 1.82) is 0 Å². The Bertz CT molecular complexity index is 391. The topological polar surface area (TPSA) is 79.3 Å². The molecule has 0 aliphatic heterocycles. The average Bonchev–Trinajstić information content (AvgIpc) is 2.87. The molecule has 1 fully saturated rings. The Morgan fingerprint density at radius 2 is 2.31 bits per heavy atom. The number of nitrogens with zero attached hydrogens (tertiary/aromatic N) is 1. The summed E-state index contributed by atoms with van der Waals surface area (Å²) < 4.78 is 0. The van der Waals surface area contributed by atoms with E-state index >= 15 is 0 Å². The molecular formula is C10H12N2O3S. The minimum atomic E-state index is -0.773. The van der Waals surface area contributed by atoms with Crippen LogP contribution in [0.25, 0.3) is 0 Å². The zero-order valence-electron chi connectivity index (χ0n) is 8.55. The summed E-state index contributed by atoms with van der Waals surface area (Å²) in [5, 5.41) is 13.3. The first-order valence-electron chi connectivity index (χ1n) is 5.08. The summed E-state index contributed by atoms with van der Waals surface area (Å²) in [6, 6.07) is -0.0321. The van der Waals surface area contributed by atoms with E-state index in [1.54, 1.807) is 10.9 Å². The molecule has 1 aromatic rings. The Hall–Kier alpha value is -1.43. The van der Waals surface area contributed by atoms with Crippen LogP contribution in [0.15, 0.2) is 10.9 Å². The highest BCUT2D eigenvalue weighted by atomic mass is 32.1. The second-order valence-electron chi connectivity index (χ2n) is 3.89. The first-order valence-corrected chi connectivity index (χ1v) is 6.03. The van der Waals surface area contributed by atoms with Gasteiger partial charge in [0.2, 0.25) is 0 Å². The van der Waals surface area contributed by atoms with Crippen LogP contribution < -0.4 is 5.32 Å². The van der Waals surface area contributed by atoms with Gasteiger partial charge in [-0.3, -0.25) is 9.59 Å². The number of rotatable bonds is 3. The van der Waals surface area contributed by atoms with Crippen molar-refractivity contribution in [2.24, 2.45) is 5.92 Å². The molecule has 1 aliphatic carbocycles. The summed E-state index contributed by atoms with van der Waals surface area (Å²) in [5.41, 5.74) is 2.01. The summed E-state index contributed by atoms with van der Waals surface area (Å²) in [7, 11) is 0. The number of nitrogens with one attached hydrogen (secondary N) is 1. The Morgan fingerprint density at radius 3 is 2.88 bits per heavy atom. The van der Waals surface area contributed by atoms with E-state index in [0.29, 0.717) is 18.5 Å². The molecule has 2 N–H and O–H groups in total. The van der Waals surface area contributed by atoms with E-state index in [2.05, 4.69) is 10.3 Å². The smallest absolute Gasteiger partial charge is 0.306 e. The van der Waals surface area contributed by atoms with E-state index in [9.17, 15) is 9.59 Å². The van der Waals surface area contributed by atoms with Gasteiger partial charge in [-0.05, 0) is 19.3 Å². The highest BCUT2D eigenvalue weighted by Gasteiger charge is 2.30. The number of carbonyl (C=O) groups is 2. The number of carboxylic acids is 1. The van der Waals surface area contributed by atoms with E-state index in [4.69, 9.17) is 5.11 Å². The van der Waals surface area contributed by atoms with Gasteiger partial charge in [-0.25, -0.2) is 4.98 Å². The van der Waals surface area contributed by atoms with Crippen LogP contribution in [0.4, 0.5) is 0 Å². The molecule has 1 aromatic heterocycles. The lowest BCUT2D eigenvalue weighted by Gasteiger charge is -2.10. The van der Waals surface area contributed by atoms with Gasteiger partial charge in [-0.1, -0.05) is 0 Å². The quantitative estimate of drug-likeness (QED) is 0.830. The van der Waals surface area contributed by atoms with Crippen LogP contribution >= 0.6 is 11.3 Å². The summed E-state index contributed by atoms with van der Waals surface area (Å²) in [6.07, 6.45) is 1.88. The van der Waals surface area contributed by atoms with Gasteiger partial charge in [-0.15, -0.1) is 11.3 Å². The zero-order chi connectivity index (χ0) is 11.5. The molecule has 2 unspecified atom stereocenters. The first kappa shape index (κ1) is 11.1. The highest BCUT2D eigenvalue weighted by Crippen LogP contribution is 2.25. The number of aromatic nitrogens is 1. The van der Waals surface area contributed by atoms with Gasteiger partial charge in [0, 0.05) is 11.4 Å². The van der Waals surface area contributed by atoms with Crippen LogP contribution in [-0.2, 0) is 4.79 Å². The van der Waals surface area contributed by atoms with E-state index in [-0.39, 0.29) is 17.9 Å². The number of carbonyl (C=O) groups excluding carboxylic acids is 1.